The summed E-state index contributed by atoms with van der Waals surface area (Å²) < 4.78 is 7.24. The molecule has 3 N–H and O–H groups in total. The number of anilines is 2. The zero-order valence-electron chi connectivity index (χ0n) is 17.3. The van der Waals surface area contributed by atoms with Crippen LogP contribution in [0.4, 0.5) is 11.5 Å². The van der Waals surface area contributed by atoms with Gasteiger partial charge in [0.2, 0.25) is 0 Å². The monoisotopic (exact) mass is 483 g/mol. The second-order valence-corrected chi connectivity index (χ2v) is 9.24. The van der Waals surface area contributed by atoms with Crippen LogP contribution in [0, 0.1) is 5.92 Å². The first kappa shape index (κ1) is 20.3. The highest BCUT2D eigenvalue weighted by Gasteiger charge is 2.48. The molecule has 4 aromatic rings. The summed E-state index contributed by atoms with van der Waals surface area (Å²) >= 11 is 12.8. The van der Waals surface area contributed by atoms with E-state index >= 15 is 0 Å². The van der Waals surface area contributed by atoms with Gasteiger partial charge in [-0.05, 0) is 49.1 Å². The van der Waals surface area contributed by atoms with Gasteiger partial charge < -0.3 is 20.5 Å². The van der Waals surface area contributed by atoms with E-state index in [1.807, 2.05) is 18.2 Å². The lowest BCUT2D eigenvalue weighted by Gasteiger charge is -2.29. The van der Waals surface area contributed by atoms with Gasteiger partial charge in [0, 0.05) is 18.3 Å². The van der Waals surface area contributed by atoms with Gasteiger partial charge in [0.05, 0.1) is 32.7 Å². The van der Waals surface area contributed by atoms with Crippen LogP contribution in [-0.4, -0.2) is 44.5 Å². The molecule has 0 radical (unpaired) electrons. The molecule has 33 heavy (non-hydrogen) atoms. The molecule has 0 unspecified atom stereocenters. The maximum absolute atomic E-state index is 13.1. The number of piperidine rings is 1. The van der Waals surface area contributed by atoms with Crippen LogP contribution in [-0.2, 0) is 0 Å². The molecule has 2 aromatic heterocycles. The van der Waals surface area contributed by atoms with Crippen LogP contribution in [0.25, 0.3) is 16.7 Å². The van der Waals surface area contributed by atoms with Crippen molar-refractivity contribution < 1.29 is 9.32 Å². The van der Waals surface area contributed by atoms with Gasteiger partial charge in [-0.1, -0.05) is 28.4 Å². The number of nitrogens with one attached hydrogen (secondary N) is 1. The van der Waals surface area contributed by atoms with Crippen molar-refractivity contribution in [2.75, 3.05) is 17.2 Å². The maximum atomic E-state index is 13.1. The van der Waals surface area contributed by atoms with Gasteiger partial charge >= 0.3 is 0 Å². The first-order chi connectivity index (χ1) is 16.0. The molecule has 168 valence electrons. The molecule has 11 heteroatoms. The summed E-state index contributed by atoms with van der Waals surface area (Å²) in [5.41, 5.74) is 8.63. The van der Waals surface area contributed by atoms with Crippen molar-refractivity contribution in [1.29, 1.82) is 0 Å². The number of halogens is 2. The minimum absolute atomic E-state index is 0.00270. The Morgan fingerprint density at radius 1 is 1.12 bits per heavy atom. The third-order valence-corrected chi connectivity index (χ3v) is 7.31. The number of nitrogen functional groups attached to an aromatic ring is 1. The summed E-state index contributed by atoms with van der Waals surface area (Å²) in [5, 5.41) is 16.2. The highest BCUT2D eigenvalue weighted by Crippen LogP contribution is 2.44. The molecule has 1 saturated heterocycles. The average molecular weight is 484 g/mol. The Bertz CT molecular complexity index is 1370. The van der Waals surface area contributed by atoms with Crippen molar-refractivity contribution in [3.8, 4) is 5.69 Å². The molecule has 2 aromatic carbocycles. The van der Waals surface area contributed by atoms with Gasteiger partial charge in [0.1, 0.15) is 12.7 Å². The smallest absolute Gasteiger partial charge is 0.253 e. The van der Waals surface area contributed by atoms with Crippen LogP contribution in [0.5, 0.6) is 0 Å². The van der Waals surface area contributed by atoms with E-state index in [0.29, 0.717) is 32.5 Å². The molecule has 1 aliphatic carbocycles. The van der Waals surface area contributed by atoms with Gasteiger partial charge in [-0.2, -0.15) is 0 Å². The summed E-state index contributed by atoms with van der Waals surface area (Å²) in [7, 11) is 0. The number of hydrogen-bond acceptors (Lipinski definition) is 7. The van der Waals surface area contributed by atoms with Gasteiger partial charge in [-0.25, -0.2) is 0 Å². The highest BCUT2D eigenvalue weighted by molar-refractivity contribution is 6.36. The molecule has 9 nitrogen and oxygen atoms in total. The second kappa shape index (κ2) is 7.64. The molecule has 3 heterocycles. The Labute approximate surface area is 198 Å². The minimum atomic E-state index is -0.191. The number of amides is 1. The number of nitrogens with zero attached hydrogens (tertiary/aromatic N) is 5. The number of hydrogen-bond donors (Lipinski definition) is 2. The Balaban J connectivity index is 1.25. The van der Waals surface area contributed by atoms with Crippen LogP contribution in [0.2, 0.25) is 10.0 Å². The summed E-state index contributed by atoms with van der Waals surface area (Å²) in [6.45, 7) is 0.799. The Morgan fingerprint density at radius 2 is 1.94 bits per heavy atom. The van der Waals surface area contributed by atoms with Gasteiger partial charge in [-0.15, -0.1) is 10.2 Å². The number of rotatable bonds is 4. The maximum Gasteiger partial charge on any atom is 0.253 e. The van der Waals surface area contributed by atoms with Crippen molar-refractivity contribution in [1.82, 2.24) is 25.2 Å². The third-order valence-electron chi connectivity index (χ3n) is 6.69. The van der Waals surface area contributed by atoms with Crippen LogP contribution in [0.1, 0.15) is 23.2 Å². The SMILES string of the molecule is Nc1noc2c(N3C[C@@H]4CC[C@H]3[C@@H]4NC(=O)c3ccc(-n4cnnc4)cc3Cl)ccc(Cl)c12. The molecular formula is C22H19Cl2N7O2. The highest BCUT2D eigenvalue weighted by atomic mass is 35.5. The zero-order valence-corrected chi connectivity index (χ0v) is 18.8. The van der Waals surface area contributed by atoms with Crippen LogP contribution >= 0.6 is 23.2 Å². The quantitative estimate of drug-likeness (QED) is 0.454. The van der Waals surface area contributed by atoms with E-state index in [9.17, 15) is 4.79 Å². The van der Waals surface area contributed by atoms with E-state index in [1.54, 1.807) is 29.4 Å². The number of fused-ring (bicyclic) bond motifs is 3. The van der Waals surface area contributed by atoms with E-state index in [1.165, 1.54) is 0 Å². The van der Waals surface area contributed by atoms with Gasteiger partial charge in [-0.3, -0.25) is 9.36 Å². The van der Waals surface area contributed by atoms with Crippen LogP contribution in [0.15, 0.2) is 47.5 Å². The summed E-state index contributed by atoms with van der Waals surface area (Å²) in [6, 6.07) is 9.13. The van der Waals surface area contributed by atoms with E-state index in [2.05, 4.69) is 25.6 Å². The molecule has 1 saturated carbocycles. The summed E-state index contributed by atoms with van der Waals surface area (Å²) in [6.07, 6.45) is 5.16. The minimum Gasteiger partial charge on any atom is -0.380 e. The molecule has 0 spiro atoms. The Morgan fingerprint density at radius 3 is 2.73 bits per heavy atom. The molecule has 2 aliphatic rings. The van der Waals surface area contributed by atoms with Crippen LogP contribution in [0.3, 0.4) is 0 Å². The lowest BCUT2D eigenvalue weighted by atomic mass is 10.1. The lowest BCUT2D eigenvalue weighted by Crippen LogP contribution is -2.43. The predicted molar refractivity (Wildman–Crippen MR) is 125 cm³/mol. The molecule has 6 rings (SSSR count). The van der Waals surface area contributed by atoms with Crippen molar-refractivity contribution in [2.45, 2.75) is 24.9 Å². The zero-order chi connectivity index (χ0) is 22.7. The number of carbonyl (C=O) groups is 1. The molecule has 2 fully saturated rings. The fourth-order valence-electron chi connectivity index (χ4n) is 5.15. The molecule has 1 aliphatic heterocycles. The van der Waals surface area contributed by atoms with Crippen molar-refractivity contribution in [3.05, 3.63) is 58.6 Å². The molecule has 3 atom stereocenters. The van der Waals surface area contributed by atoms with E-state index < -0.39 is 0 Å². The number of carbonyl (C=O) groups excluding carboxylic acids is 1. The largest absolute Gasteiger partial charge is 0.380 e. The molecule has 2 bridgehead atoms. The van der Waals surface area contributed by atoms with Crippen LogP contribution < -0.4 is 16.0 Å². The van der Waals surface area contributed by atoms with Gasteiger partial charge in [0.15, 0.2) is 11.4 Å². The molecule has 1 amide bonds. The number of aromatic nitrogens is 4. The van der Waals surface area contributed by atoms with E-state index in [0.717, 1.165) is 30.8 Å². The fourth-order valence-corrected chi connectivity index (χ4v) is 5.66. The van der Waals surface area contributed by atoms with E-state index in [4.69, 9.17) is 33.5 Å². The summed E-state index contributed by atoms with van der Waals surface area (Å²) in [4.78, 5) is 15.4. The van der Waals surface area contributed by atoms with Crippen molar-refractivity contribution >= 4 is 51.6 Å². The summed E-state index contributed by atoms with van der Waals surface area (Å²) in [5.74, 6) is 0.403. The lowest BCUT2D eigenvalue weighted by molar-refractivity contribution is 0.0932. The van der Waals surface area contributed by atoms with Crippen molar-refractivity contribution in [3.63, 3.8) is 0 Å². The van der Waals surface area contributed by atoms with Gasteiger partial charge in [0.25, 0.3) is 5.91 Å². The number of nitrogens with two attached hydrogens (primary N) is 1. The standard InChI is InChI=1S/C22H19Cl2N7O2/c23-14-4-6-17(20-18(14)21(25)29-33-20)31-8-11-1-5-16(31)19(11)28-22(32)13-3-2-12(7-15(13)24)30-9-26-27-10-30/h2-4,6-7,9-11,16,19H,1,5,8H2,(H2,25,29)(H,28,32)/t11-,16-,19+/m0/s1. The first-order valence-electron chi connectivity index (χ1n) is 10.6. The fraction of sp³-hybridized carbons (Fsp3) is 0.273. The van der Waals surface area contributed by atoms with Crippen molar-refractivity contribution in [2.24, 2.45) is 5.92 Å². The third kappa shape index (κ3) is 3.22. The Hall–Kier alpha value is -3.30. The average Bonchev–Trinajstić information content (AvgIpc) is 3.60. The second-order valence-electron chi connectivity index (χ2n) is 8.43. The molecular weight excluding hydrogens is 465 g/mol. The predicted octanol–water partition coefficient (Wildman–Crippen LogP) is 3.69. The van der Waals surface area contributed by atoms with E-state index in [-0.39, 0.29) is 23.8 Å². The normalized spacial score (nSPS) is 21.8. The Kier molecular flexibility index (Phi) is 4.70. The first-order valence-corrected chi connectivity index (χ1v) is 11.3. The topological polar surface area (TPSA) is 115 Å². The number of benzene rings is 2.